The van der Waals surface area contributed by atoms with Gasteiger partial charge in [-0.25, -0.2) is 13.1 Å². The molecule has 2 aromatic carbocycles. The first-order chi connectivity index (χ1) is 19.8. The van der Waals surface area contributed by atoms with Crippen molar-refractivity contribution in [1.82, 2.24) is 4.72 Å². The molecule has 6 rings (SSSR count). The van der Waals surface area contributed by atoms with Crippen LogP contribution < -0.4 is 14.4 Å². The van der Waals surface area contributed by atoms with Gasteiger partial charge in [-0.1, -0.05) is 36.2 Å². The van der Waals surface area contributed by atoms with Gasteiger partial charge in [-0.2, -0.15) is 0 Å². The summed E-state index contributed by atoms with van der Waals surface area (Å²) in [4.78, 5) is 15.6. The number of ether oxygens (including phenoxy) is 1. The van der Waals surface area contributed by atoms with Crippen molar-refractivity contribution in [1.29, 1.82) is 0 Å². The molecule has 9 heteroatoms. The van der Waals surface area contributed by atoms with Crippen molar-refractivity contribution in [2.75, 3.05) is 18.0 Å². The summed E-state index contributed by atoms with van der Waals surface area (Å²) >= 11 is 6.30. The van der Waals surface area contributed by atoms with Gasteiger partial charge in [-0.15, -0.1) is 0 Å². The molecule has 2 aromatic rings. The molecule has 0 radical (unpaired) electrons. The predicted octanol–water partition coefficient (Wildman–Crippen LogP) is 5.64. The number of hydrogen-bond donors (Lipinski definition) is 2. The number of allylic oxidation sites excluding steroid dienone is 1. The molecule has 220 valence electrons. The molecular weight excluding hydrogens is 560 g/mol. The normalized spacial score (nSPS) is 30.7. The Bertz CT molecular complexity index is 1430. The van der Waals surface area contributed by atoms with Crippen LogP contribution in [-0.2, 0) is 23.1 Å². The summed E-state index contributed by atoms with van der Waals surface area (Å²) in [5.74, 6) is 0.592. The molecule has 1 amide bonds. The van der Waals surface area contributed by atoms with E-state index in [0.29, 0.717) is 41.7 Å². The molecular formula is C32H39ClN2O5S. The molecule has 2 aliphatic heterocycles. The van der Waals surface area contributed by atoms with Crippen molar-refractivity contribution in [3.8, 4) is 5.75 Å². The number of rotatable bonds is 0. The minimum absolute atomic E-state index is 0.0783. The molecule has 0 aromatic heterocycles. The summed E-state index contributed by atoms with van der Waals surface area (Å²) in [6.07, 6.45) is 10.8. The third-order valence-electron chi connectivity index (χ3n) is 9.53. The van der Waals surface area contributed by atoms with Crippen LogP contribution in [0.5, 0.6) is 5.75 Å². The van der Waals surface area contributed by atoms with E-state index in [1.54, 1.807) is 18.2 Å². The fourth-order valence-electron chi connectivity index (χ4n) is 6.96. The van der Waals surface area contributed by atoms with E-state index in [0.717, 1.165) is 69.3 Å². The first-order valence-corrected chi connectivity index (χ1v) is 16.9. The number of aryl methyl sites for hydroxylation is 1. The average molecular weight is 599 g/mol. The quantitative estimate of drug-likeness (QED) is 0.381. The van der Waals surface area contributed by atoms with Gasteiger partial charge in [0.05, 0.1) is 17.0 Å². The molecule has 7 nitrogen and oxygen atoms in total. The Hall–Kier alpha value is -2.55. The zero-order chi connectivity index (χ0) is 28.6. The van der Waals surface area contributed by atoms with E-state index >= 15 is 0 Å². The highest BCUT2D eigenvalue weighted by atomic mass is 35.5. The van der Waals surface area contributed by atoms with Crippen molar-refractivity contribution in [2.24, 2.45) is 17.8 Å². The van der Waals surface area contributed by atoms with Gasteiger partial charge < -0.3 is 14.7 Å². The Labute approximate surface area is 248 Å². The number of carbonyl (C=O) groups excluding carboxylic acids is 1. The predicted molar refractivity (Wildman–Crippen MR) is 161 cm³/mol. The van der Waals surface area contributed by atoms with E-state index in [-0.39, 0.29) is 11.8 Å². The Kier molecular flexibility index (Phi) is 8.35. The number of hydrogen-bond acceptors (Lipinski definition) is 6. The highest BCUT2D eigenvalue weighted by molar-refractivity contribution is 7.90. The number of carbonyl (C=O) groups is 1. The Morgan fingerprint density at radius 2 is 1.85 bits per heavy atom. The van der Waals surface area contributed by atoms with Crippen molar-refractivity contribution in [3.05, 3.63) is 70.3 Å². The van der Waals surface area contributed by atoms with Gasteiger partial charge in [0, 0.05) is 23.7 Å². The fraction of sp³-hybridized carbons (Fsp3) is 0.531. The second kappa shape index (κ2) is 12.0. The molecule has 4 aliphatic rings. The van der Waals surface area contributed by atoms with E-state index < -0.39 is 27.3 Å². The number of sulfonamides is 1. The minimum atomic E-state index is -3.85. The molecule has 0 spiro atoms. The van der Waals surface area contributed by atoms with Crippen molar-refractivity contribution < 1.29 is 23.1 Å². The van der Waals surface area contributed by atoms with Crippen molar-refractivity contribution in [2.45, 2.75) is 75.7 Å². The van der Waals surface area contributed by atoms with Gasteiger partial charge in [0.1, 0.15) is 12.4 Å². The average Bonchev–Trinajstić information content (AvgIpc) is 2.97. The molecule has 2 saturated carbocycles. The van der Waals surface area contributed by atoms with Gasteiger partial charge in [0.2, 0.25) is 10.0 Å². The Morgan fingerprint density at radius 3 is 2.68 bits per heavy atom. The van der Waals surface area contributed by atoms with E-state index in [1.165, 1.54) is 5.56 Å². The number of nitrogens with zero attached hydrogens (tertiary/aromatic N) is 1. The molecule has 5 atom stereocenters. The standard InChI is InChI=1S/C32H39ClN2O5S/c33-26-11-8-25-20-40-31-14-10-23-18-29(31)35(15-2-1-5-22(25)17-26)19-24-9-12-28(24)30(36)13-7-21-4-3-6-27(16-21)41(38,39)34-32(23)37/h7-8,10-11,13-14,17-18,21,24,27-28,30,36H,1-6,9,12,15-16,19-20H2,(H,34,37)/b13-7+/t21-,24-,27?,28+,30-/m0/s1. The first kappa shape index (κ1) is 28.6. The first-order valence-electron chi connectivity index (χ1n) is 15.0. The summed E-state index contributed by atoms with van der Waals surface area (Å²) in [6.45, 7) is 1.86. The molecule has 2 N–H and O–H groups in total. The second-order valence-corrected chi connectivity index (χ2v) is 14.6. The second-order valence-electron chi connectivity index (χ2n) is 12.2. The zero-order valence-corrected chi connectivity index (χ0v) is 24.9. The summed E-state index contributed by atoms with van der Waals surface area (Å²) in [5, 5.41) is 11.2. The number of benzene rings is 2. The van der Waals surface area contributed by atoms with Crippen LogP contribution in [0, 0.1) is 17.8 Å². The van der Waals surface area contributed by atoms with Crippen LogP contribution in [0.15, 0.2) is 48.6 Å². The molecule has 2 heterocycles. The number of fused-ring (bicyclic) bond motifs is 5. The SMILES string of the molecule is O=C1NS(=O)(=O)C2CCC[C@@H](/C=C/[C@H](O)[C@@H]3CC[C@H]3CN3CCCCc4cc(Cl)ccc4COc4ccc1cc43)C2. The number of amides is 1. The third-order valence-corrected chi connectivity index (χ3v) is 11.5. The van der Waals surface area contributed by atoms with E-state index in [4.69, 9.17) is 16.3 Å². The molecule has 2 aliphatic carbocycles. The number of aliphatic hydroxyl groups excluding tert-OH is 1. The van der Waals surface area contributed by atoms with E-state index in [1.807, 2.05) is 30.4 Å². The lowest BCUT2D eigenvalue weighted by Gasteiger charge is -2.42. The van der Waals surface area contributed by atoms with Crippen LogP contribution >= 0.6 is 11.6 Å². The fourth-order valence-corrected chi connectivity index (χ4v) is 8.67. The Morgan fingerprint density at radius 1 is 0.976 bits per heavy atom. The Balaban J connectivity index is 1.38. The lowest BCUT2D eigenvalue weighted by atomic mass is 9.70. The monoisotopic (exact) mass is 598 g/mol. The summed E-state index contributed by atoms with van der Waals surface area (Å²) < 4.78 is 35.3. The maximum atomic E-state index is 13.4. The molecule has 4 bridgehead atoms. The molecule has 1 unspecified atom stereocenters. The smallest absolute Gasteiger partial charge is 0.264 e. The summed E-state index contributed by atoms with van der Waals surface area (Å²) in [7, 11) is -3.85. The number of anilines is 1. The topological polar surface area (TPSA) is 95.9 Å². The van der Waals surface area contributed by atoms with Gasteiger partial charge in [0.25, 0.3) is 5.91 Å². The van der Waals surface area contributed by atoms with Crippen LogP contribution in [0.1, 0.15) is 72.9 Å². The lowest BCUT2D eigenvalue weighted by molar-refractivity contribution is 0.0459. The maximum absolute atomic E-state index is 13.4. The van der Waals surface area contributed by atoms with Gasteiger partial charge in [0.15, 0.2) is 0 Å². The number of aliphatic hydroxyl groups is 1. The van der Waals surface area contributed by atoms with Crippen LogP contribution in [-0.4, -0.2) is 43.9 Å². The van der Waals surface area contributed by atoms with E-state index in [2.05, 4.69) is 9.62 Å². The van der Waals surface area contributed by atoms with E-state index in [9.17, 15) is 18.3 Å². The summed E-state index contributed by atoms with van der Waals surface area (Å²) in [6, 6.07) is 11.1. The van der Waals surface area contributed by atoms with Gasteiger partial charge in [-0.3, -0.25) is 4.79 Å². The lowest BCUT2D eigenvalue weighted by Crippen LogP contribution is -2.43. The van der Waals surface area contributed by atoms with Gasteiger partial charge in [-0.05, 0) is 111 Å². The maximum Gasteiger partial charge on any atom is 0.264 e. The highest BCUT2D eigenvalue weighted by Gasteiger charge is 2.38. The number of nitrogens with one attached hydrogen (secondary N) is 1. The largest absolute Gasteiger partial charge is 0.487 e. The zero-order valence-electron chi connectivity index (χ0n) is 23.3. The molecule has 0 saturated heterocycles. The third kappa shape index (κ3) is 6.30. The summed E-state index contributed by atoms with van der Waals surface area (Å²) in [5.41, 5.74) is 3.34. The minimum Gasteiger partial charge on any atom is -0.487 e. The van der Waals surface area contributed by atoms with Crippen LogP contribution in [0.2, 0.25) is 5.02 Å². The van der Waals surface area contributed by atoms with Crippen LogP contribution in [0.4, 0.5) is 5.69 Å². The van der Waals surface area contributed by atoms with Gasteiger partial charge >= 0.3 is 0 Å². The van der Waals surface area contributed by atoms with Crippen LogP contribution in [0.3, 0.4) is 0 Å². The van der Waals surface area contributed by atoms with Crippen molar-refractivity contribution >= 4 is 33.2 Å². The van der Waals surface area contributed by atoms with Crippen LogP contribution in [0.25, 0.3) is 0 Å². The number of halogens is 1. The highest BCUT2D eigenvalue weighted by Crippen LogP contribution is 2.41. The van der Waals surface area contributed by atoms with Crippen molar-refractivity contribution in [3.63, 3.8) is 0 Å². The molecule has 41 heavy (non-hydrogen) atoms. The molecule has 2 fully saturated rings.